The summed E-state index contributed by atoms with van der Waals surface area (Å²) in [6.07, 6.45) is 4.28. The van der Waals surface area contributed by atoms with E-state index in [1.54, 1.807) is 0 Å². The van der Waals surface area contributed by atoms with Crippen LogP contribution in [0.4, 0.5) is 0 Å². The Morgan fingerprint density at radius 2 is 1.44 bits per heavy atom. The summed E-state index contributed by atoms with van der Waals surface area (Å²) in [7, 11) is 0. The number of benzene rings is 2. The van der Waals surface area contributed by atoms with Crippen molar-refractivity contribution in [2.24, 2.45) is 11.8 Å². The molecule has 2 aliphatic heterocycles. The molecule has 0 aromatic heterocycles. The van der Waals surface area contributed by atoms with E-state index < -0.39 is 11.9 Å². The number of hydrogen-bond acceptors (Lipinski definition) is 5. The van der Waals surface area contributed by atoms with Gasteiger partial charge < -0.3 is 19.8 Å². The van der Waals surface area contributed by atoms with Crippen LogP contribution < -0.4 is 4.74 Å². The molecule has 0 bridgehead atoms. The third-order valence-electron chi connectivity index (χ3n) is 6.77. The quantitative estimate of drug-likeness (QED) is 0.584. The molecule has 2 heterocycles. The van der Waals surface area contributed by atoms with E-state index in [1.165, 1.54) is 11.1 Å². The van der Waals surface area contributed by atoms with Crippen molar-refractivity contribution in [2.75, 3.05) is 26.2 Å². The molecule has 8 nitrogen and oxygen atoms in total. The van der Waals surface area contributed by atoms with Crippen LogP contribution in [-0.4, -0.2) is 64.0 Å². The van der Waals surface area contributed by atoms with Crippen LogP contribution in [0.5, 0.6) is 5.75 Å². The average molecular weight is 497 g/mol. The number of carbonyl (C=O) groups is 3. The number of piperidine rings is 2. The predicted molar refractivity (Wildman–Crippen MR) is 135 cm³/mol. The maximum absolute atomic E-state index is 12.8. The van der Waals surface area contributed by atoms with Crippen molar-refractivity contribution < 1.29 is 29.3 Å². The third-order valence-corrected chi connectivity index (χ3v) is 6.77. The fraction of sp³-hybridized carbons (Fsp3) is 0.464. The monoisotopic (exact) mass is 496 g/mol. The minimum absolute atomic E-state index is 0.218. The summed E-state index contributed by atoms with van der Waals surface area (Å²) in [4.78, 5) is 35.6. The molecular weight excluding hydrogens is 460 g/mol. The summed E-state index contributed by atoms with van der Waals surface area (Å²) < 4.78 is 5.98. The summed E-state index contributed by atoms with van der Waals surface area (Å²) in [6.45, 7) is 7.71. The van der Waals surface area contributed by atoms with Crippen molar-refractivity contribution in [1.29, 1.82) is 0 Å². The van der Waals surface area contributed by atoms with E-state index in [0.29, 0.717) is 12.5 Å². The highest BCUT2D eigenvalue weighted by Gasteiger charge is 2.30. The molecule has 0 saturated carbocycles. The number of rotatable bonds is 6. The van der Waals surface area contributed by atoms with Crippen molar-refractivity contribution in [2.45, 2.75) is 45.8 Å². The number of carboxylic acid groups (broad SMARTS) is 2. The van der Waals surface area contributed by atoms with Gasteiger partial charge in [0.15, 0.2) is 0 Å². The molecule has 2 fully saturated rings. The van der Waals surface area contributed by atoms with Gasteiger partial charge >= 0.3 is 11.9 Å². The summed E-state index contributed by atoms with van der Waals surface area (Å²) in [6, 6.07) is 18.7. The normalized spacial score (nSPS) is 17.1. The van der Waals surface area contributed by atoms with Gasteiger partial charge in [-0.1, -0.05) is 49.4 Å². The first-order chi connectivity index (χ1) is 17.3. The van der Waals surface area contributed by atoms with Crippen molar-refractivity contribution in [3.63, 3.8) is 0 Å². The molecule has 0 radical (unpaired) electrons. The minimum atomic E-state index is -1.82. The maximum Gasteiger partial charge on any atom is 0.414 e. The van der Waals surface area contributed by atoms with Gasteiger partial charge in [0, 0.05) is 25.6 Å². The molecule has 0 unspecified atom stereocenters. The van der Waals surface area contributed by atoms with Gasteiger partial charge in [-0.3, -0.25) is 9.69 Å². The molecular formula is C28H36N2O6. The highest BCUT2D eigenvalue weighted by atomic mass is 16.5. The van der Waals surface area contributed by atoms with Gasteiger partial charge in [-0.05, 0) is 68.0 Å². The van der Waals surface area contributed by atoms with Crippen molar-refractivity contribution in [1.82, 2.24) is 9.80 Å². The topological polar surface area (TPSA) is 107 Å². The van der Waals surface area contributed by atoms with Crippen LogP contribution in [-0.2, 0) is 27.5 Å². The van der Waals surface area contributed by atoms with Crippen molar-refractivity contribution in [3.8, 4) is 5.75 Å². The average Bonchev–Trinajstić information content (AvgIpc) is 2.89. The van der Waals surface area contributed by atoms with Crippen LogP contribution in [0.25, 0.3) is 0 Å². The van der Waals surface area contributed by atoms with Gasteiger partial charge in [0.2, 0.25) is 5.91 Å². The summed E-state index contributed by atoms with van der Waals surface area (Å²) in [5.41, 5.74) is 2.45. The lowest BCUT2D eigenvalue weighted by Crippen LogP contribution is -2.45. The molecule has 2 aliphatic rings. The zero-order valence-electron chi connectivity index (χ0n) is 20.8. The highest BCUT2D eigenvalue weighted by molar-refractivity contribution is 6.27. The van der Waals surface area contributed by atoms with Gasteiger partial charge in [-0.25, -0.2) is 9.59 Å². The molecule has 36 heavy (non-hydrogen) atoms. The third kappa shape index (κ3) is 8.68. The Labute approximate surface area is 212 Å². The second kappa shape index (κ2) is 13.6. The first-order valence-corrected chi connectivity index (χ1v) is 12.5. The minimum Gasteiger partial charge on any atom is -0.489 e. The standard InChI is InChI=1S/C26H34N2O2.C2H2O4/c1-21-10-16-28(17-11-21)26(29)24-12-14-27(15-13-24)19-23-8-5-9-25(18-23)30-20-22-6-3-2-4-7-22;3-1(4)2(5)6/h2-9,18,21,24H,10-17,19-20H2,1H3;(H,3,4)(H,5,6). The van der Waals surface area contributed by atoms with Crippen LogP contribution in [0.2, 0.25) is 0 Å². The maximum atomic E-state index is 12.8. The second-order valence-corrected chi connectivity index (χ2v) is 9.59. The van der Waals surface area contributed by atoms with E-state index in [9.17, 15) is 4.79 Å². The predicted octanol–water partition coefficient (Wildman–Crippen LogP) is 3.89. The lowest BCUT2D eigenvalue weighted by Gasteiger charge is -2.36. The van der Waals surface area contributed by atoms with E-state index in [-0.39, 0.29) is 5.92 Å². The van der Waals surface area contributed by atoms with Crippen LogP contribution in [0.15, 0.2) is 54.6 Å². The molecule has 2 saturated heterocycles. The largest absolute Gasteiger partial charge is 0.489 e. The van der Waals surface area contributed by atoms with Gasteiger partial charge in [0.05, 0.1) is 0 Å². The number of aliphatic carboxylic acids is 2. The molecule has 0 spiro atoms. The van der Waals surface area contributed by atoms with Crippen molar-refractivity contribution in [3.05, 3.63) is 65.7 Å². The van der Waals surface area contributed by atoms with E-state index in [4.69, 9.17) is 24.5 Å². The fourth-order valence-electron chi connectivity index (χ4n) is 4.56. The number of hydrogen-bond donors (Lipinski definition) is 2. The first kappa shape index (κ1) is 27.2. The fourth-order valence-corrected chi connectivity index (χ4v) is 4.56. The molecule has 194 valence electrons. The lowest BCUT2D eigenvalue weighted by atomic mass is 9.92. The summed E-state index contributed by atoms with van der Waals surface area (Å²) in [5, 5.41) is 14.8. The Bertz CT molecular complexity index is 984. The Morgan fingerprint density at radius 1 is 0.833 bits per heavy atom. The van der Waals surface area contributed by atoms with Gasteiger partial charge in [0.1, 0.15) is 12.4 Å². The Hall–Kier alpha value is -3.39. The zero-order valence-corrected chi connectivity index (χ0v) is 20.8. The molecule has 2 aromatic rings. The molecule has 0 atom stereocenters. The second-order valence-electron chi connectivity index (χ2n) is 9.59. The summed E-state index contributed by atoms with van der Waals surface area (Å²) >= 11 is 0. The smallest absolute Gasteiger partial charge is 0.414 e. The van der Waals surface area contributed by atoms with E-state index >= 15 is 0 Å². The van der Waals surface area contributed by atoms with E-state index in [1.807, 2.05) is 24.3 Å². The molecule has 2 aromatic carbocycles. The number of carbonyl (C=O) groups excluding carboxylic acids is 1. The number of likely N-dealkylation sites (tertiary alicyclic amines) is 2. The Balaban J connectivity index is 0.000000538. The molecule has 0 aliphatic carbocycles. The van der Waals surface area contributed by atoms with Gasteiger partial charge in [0.25, 0.3) is 0 Å². The number of ether oxygens (including phenoxy) is 1. The van der Waals surface area contributed by atoms with Crippen LogP contribution in [0.3, 0.4) is 0 Å². The van der Waals surface area contributed by atoms with Crippen LogP contribution >= 0.6 is 0 Å². The van der Waals surface area contributed by atoms with Gasteiger partial charge in [-0.2, -0.15) is 0 Å². The molecule has 8 heteroatoms. The number of carboxylic acids is 2. The molecule has 2 N–H and O–H groups in total. The van der Waals surface area contributed by atoms with Gasteiger partial charge in [-0.15, -0.1) is 0 Å². The zero-order chi connectivity index (χ0) is 25.9. The van der Waals surface area contributed by atoms with Crippen LogP contribution in [0, 0.1) is 11.8 Å². The van der Waals surface area contributed by atoms with E-state index in [2.05, 4.69) is 47.1 Å². The van der Waals surface area contributed by atoms with Crippen LogP contribution in [0.1, 0.15) is 43.7 Å². The Morgan fingerprint density at radius 3 is 2.06 bits per heavy atom. The molecule has 1 amide bonds. The summed E-state index contributed by atoms with van der Waals surface area (Å²) in [5.74, 6) is -1.35. The number of amides is 1. The molecule has 4 rings (SSSR count). The Kier molecular flexibility index (Phi) is 10.3. The lowest BCUT2D eigenvalue weighted by molar-refractivity contribution is -0.159. The SMILES string of the molecule is CC1CCN(C(=O)C2CCN(Cc3cccc(OCc4ccccc4)c3)CC2)CC1.O=C(O)C(=O)O. The first-order valence-electron chi connectivity index (χ1n) is 12.5. The number of nitrogens with zero attached hydrogens (tertiary/aromatic N) is 2. The highest BCUT2D eigenvalue weighted by Crippen LogP contribution is 2.25. The van der Waals surface area contributed by atoms with Crippen molar-refractivity contribution >= 4 is 17.8 Å². The van der Waals surface area contributed by atoms with E-state index in [0.717, 1.165) is 70.1 Å².